The summed E-state index contributed by atoms with van der Waals surface area (Å²) in [6, 6.07) is 0. The predicted octanol–water partition coefficient (Wildman–Crippen LogP) is 4.14. The first-order chi connectivity index (χ1) is 10.1. The lowest BCUT2D eigenvalue weighted by Crippen LogP contribution is -2.14. The van der Waals surface area contributed by atoms with Gasteiger partial charge in [0, 0.05) is 5.56 Å². The molecule has 0 heterocycles. The maximum Gasteiger partial charge on any atom is 0.310 e. The van der Waals surface area contributed by atoms with Crippen molar-refractivity contribution in [3.8, 4) is 0 Å². The van der Waals surface area contributed by atoms with Crippen LogP contribution in [0.2, 0.25) is 0 Å². The molecule has 0 saturated heterocycles. The largest absolute Gasteiger partial charge is 0.460 e. The highest BCUT2D eigenvalue weighted by molar-refractivity contribution is 5.77. The van der Waals surface area contributed by atoms with Crippen molar-refractivity contribution in [2.24, 2.45) is 17.3 Å². The van der Waals surface area contributed by atoms with E-state index in [2.05, 4.69) is 0 Å². The summed E-state index contributed by atoms with van der Waals surface area (Å²) in [4.78, 5) is 11.9. The van der Waals surface area contributed by atoms with Gasteiger partial charge in [0.25, 0.3) is 0 Å². The van der Waals surface area contributed by atoms with Crippen LogP contribution in [-0.2, 0) is 22.6 Å². The molecule has 0 aliphatic heterocycles. The third-order valence-electron chi connectivity index (χ3n) is 4.78. The lowest BCUT2D eigenvalue weighted by atomic mass is 10.1. The van der Waals surface area contributed by atoms with E-state index in [0.717, 1.165) is 0 Å². The zero-order valence-corrected chi connectivity index (χ0v) is 12.9. The van der Waals surface area contributed by atoms with E-state index in [9.17, 15) is 22.4 Å². The van der Waals surface area contributed by atoms with Crippen LogP contribution in [0.4, 0.5) is 17.6 Å². The summed E-state index contributed by atoms with van der Waals surface area (Å²) in [7, 11) is 0. The Morgan fingerprint density at radius 1 is 1.05 bits per heavy atom. The summed E-state index contributed by atoms with van der Waals surface area (Å²) in [6.45, 7) is 6.17. The third-order valence-corrected chi connectivity index (χ3v) is 4.78. The van der Waals surface area contributed by atoms with Gasteiger partial charge in [-0.15, -0.1) is 0 Å². The number of carbonyl (C=O) groups excluding carboxylic acids is 1. The minimum absolute atomic E-state index is 0.0885. The fraction of sp³-hybridized carbons (Fsp3) is 0.562. The number of rotatable bonds is 4. The molecule has 6 heteroatoms. The van der Waals surface area contributed by atoms with Gasteiger partial charge in [0.2, 0.25) is 0 Å². The van der Waals surface area contributed by atoms with Gasteiger partial charge in [-0.05, 0) is 17.8 Å². The molecular weight excluding hydrogens is 300 g/mol. The van der Waals surface area contributed by atoms with Gasteiger partial charge in [0.15, 0.2) is 23.3 Å². The average molecular weight is 318 g/mol. The number of hydrogen-bond acceptors (Lipinski definition) is 2. The topological polar surface area (TPSA) is 26.3 Å². The number of carbonyl (C=O) groups is 1. The summed E-state index contributed by atoms with van der Waals surface area (Å²) in [5.74, 6) is -6.79. The molecule has 1 aliphatic carbocycles. The molecule has 0 aromatic heterocycles. The van der Waals surface area contributed by atoms with Gasteiger partial charge in [-0.3, -0.25) is 4.79 Å². The van der Waals surface area contributed by atoms with E-state index in [1.165, 1.54) is 6.92 Å². The summed E-state index contributed by atoms with van der Waals surface area (Å²) < 4.78 is 59.8. The summed E-state index contributed by atoms with van der Waals surface area (Å²) in [6.07, 6.45) is -0.181. The molecule has 0 N–H and O–H groups in total. The van der Waals surface area contributed by atoms with Crippen LogP contribution in [0.25, 0.3) is 0 Å². The van der Waals surface area contributed by atoms with Crippen molar-refractivity contribution in [3.05, 3.63) is 34.4 Å². The van der Waals surface area contributed by atoms with E-state index in [-0.39, 0.29) is 23.7 Å². The Kier molecular flexibility index (Phi) is 4.24. The molecule has 1 aromatic rings. The van der Waals surface area contributed by atoms with Gasteiger partial charge in [-0.25, -0.2) is 17.6 Å². The molecule has 0 radical (unpaired) electrons. The molecule has 0 bridgehead atoms. The lowest BCUT2D eigenvalue weighted by Gasteiger charge is -2.12. The number of benzene rings is 1. The van der Waals surface area contributed by atoms with Crippen LogP contribution in [0.1, 0.15) is 38.8 Å². The van der Waals surface area contributed by atoms with Crippen molar-refractivity contribution in [2.45, 2.75) is 40.7 Å². The van der Waals surface area contributed by atoms with Gasteiger partial charge in [-0.2, -0.15) is 0 Å². The van der Waals surface area contributed by atoms with Crippen molar-refractivity contribution < 1.29 is 27.1 Å². The van der Waals surface area contributed by atoms with E-state index in [0.29, 0.717) is 0 Å². The molecule has 1 fully saturated rings. The van der Waals surface area contributed by atoms with Crippen LogP contribution in [0, 0.1) is 40.5 Å². The average Bonchev–Trinajstić information content (AvgIpc) is 2.95. The second-order valence-electron chi connectivity index (χ2n) is 6.26. The van der Waals surface area contributed by atoms with Crippen molar-refractivity contribution >= 4 is 5.97 Å². The van der Waals surface area contributed by atoms with E-state index < -0.39 is 47.0 Å². The van der Waals surface area contributed by atoms with Crippen molar-refractivity contribution in [2.75, 3.05) is 0 Å². The maximum atomic E-state index is 13.8. The summed E-state index contributed by atoms with van der Waals surface area (Å²) in [5.41, 5.74) is -1.79. The van der Waals surface area contributed by atoms with E-state index in [1.54, 1.807) is 0 Å². The van der Waals surface area contributed by atoms with E-state index in [1.807, 2.05) is 20.8 Å². The molecule has 2 rings (SSSR count). The fourth-order valence-electron chi connectivity index (χ4n) is 2.80. The second-order valence-corrected chi connectivity index (χ2v) is 6.26. The first-order valence-electron chi connectivity index (χ1n) is 7.14. The highest BCUT2D eigenvalue weighted by atomic mass is 19.2. The smallest absolute Gasteiger partial charge is 0.310 e. The molecule has 0 spiro atoms. The second kappa shape index (κ2) is 5.56. The first kappa shape index (κ1) is 16.8. The predicted molar refractivity (Wildman–Crippen MR) is 71.9 cm³/mol. The van der Waals surface area contributed by atoms with Crippen LogP contribution in [0.5, 0.6) is 0 Å². The molecule has 1 aliphatic rings. The Morgan fingerprint density at radius 2 is 1.45 bits per heavy atom. The van der Waals surface area contributed by atoms with Crippen molar-refractivity contribution in [1.29, 1.82) is 0 Å². The SMILES string of the molecule is CCc1c(F)c(F)c(COC(=O)C2C(C)C2(C)C)c(F)c1F. The normalized spacial score (nSPS) is 22.5. The molecular formula is C16H18F4O2. The Labute approximate surface area is 126 Å². The minimum Gasteiger partial charge on any atom is -0.460 e. The van der Waals surface area contributed by atoms with Gasteiger partial charge in [-0.1, -0.05) is 27.7 Å². The molecule has 0 amide bonds. The Balaban J connectivity index is 2.19. The molecule has 1 saturated carbocycles. The molecule has 1 aromatic carbocycles. The zero-order chi connectivity index (χ0) is 16.8. The molecule has 2 atom stereocenters. The van der Waals surface area contributed by atoms with E-state index >= 15 is 0 Å². The van der Waals surface area contributed by atoms with Crippen LogP contribution in [0.15, 0.2) is 0 Å². The summed E-state index contributed by atoms with van der Waals surface area (Å²) >= 11 is 0. The first-order valence-corrected chi connectivity index (χ1v) is 7.14. The van der Waals surface area contributed by atoms with Gasteiger partial charge >= 0.3 is 5.97 Å². The monoisotopic (exact) mass is 318 g/mol. The zero-order valence-electron chi connectivity index (χ0n) is 12.9. The Bertz CT molecular complexity index is 596. The number of hydrogen-bond donors (Lipinski definition) is 0. The van der Waals surface area contributed by atoms with Gasteiger partial charge < -0.3 is 4.74 Å². The van der Waals surface area contributed by atoms with Crippen LogP contribution in [0.3, 0.4) is 0 Å². The number of ether oxygens (including phenoxy) is 1. The number of halogens is 4. The van der Waals surface area contributed by atoms with E-state index in [4.69, 9.17) is 4.74 Å². The highest BCUT2D eigenvalue weighted by Crippen LogP contribution is 2.58. The molecule has 2 nitrogen and oxygen atoms in total. The van der Waals surface area contributed by atoms with Crippen LogP contribution < -0.4 is 0 Å². The van der Waals surface area contributed by atoms with Gasteiger partial charge in [0.1, 0.15) is 6.61 Å². The van der Waals surface area contributed by atoms with Crippen molar-refractivity contribution in [3.63, 3.8) is 0 Å². The quantitative estimate of drug-likeness (QED) is 0.474. The number of esters is 1. The molecule has 122 valence electrons. The Hall–Kier alpha value is -1.59. The fourth-order valence-corrected chi connectivity index (χ4v) is 2.80. The Morgan fingerprint density at radius 3 is 1.82 bits per heavy atom. The molecule has 22 heavy (non-hydrogen) atoms. The van der Waals surface area contributed by atoms with Crippen molar-refractivity contribution in [1.82, 2.24) is 0 Å². The lowest BCUT2D eigenvalue weighted by molar-refractivity contribution is -0.147. The van der Waals surface area contributed by atoms with Crippen LogP contribution >= 0.6 is 0 Å². The molecule has 2 unspecified atom stereocenters. The summed E-state index contributed by atoms with van der Waals surface area (Å²) in [5, 5.41) is 0. The highest BCUT2D eigenvalue weighted by Gasteiger charge is 2.59. The van der Waals surface area contributed by atoms with Crippen LogP contribution in [-0.4, -0.2) is 5.97 Å². The van der Waals surface area contributed by atoms with Gasteiger partial charge in [0.05, 0.1) is 11.5 Å². The third kappa shape index (κ3) is 2.48. The standard InChI is InChI=1S/C16H18F4O2/c1-5-8-11(17)13(19)9(14(20)12(8)18)6-22-15(21)10-7(2)16(10,3)4/h7,10H,5-6H2,1-4H3. The minimum atomic E-state index is -1.51. The maximum absolute atomic E-state index is 13.8.